The topological polar surface area (TPSA) is 67.2 Å². The van der Waals surface area contributed by atoms with Crippen LogP contribution in [0.3, 0.4) is 0 Å². The van der Waals surface area contributed by atoms with Crippen LogP contribution in [0, 0.1) is 18.2 Å². The van der Waals surface area contributed by atoms with Crippen molar-refractivity contribution in [3.63, 3.8) is 0 Å². The molecule has 1 rings (SSSR count). The molecule has 1 aromatic rings. The van der Waals surface area contributed by atoms with Gasteiger partial charge in [-0.15, -0.1) is 6.42 Å². The summed E-state index contributed by atoms with van der Waals surface area (Å²) >= 11 is 4.64. The second-order valence-electron chi connectivity index (χ2n) is 3.11. The second-order valence-corrected chi connectivity index (χ2v) is 3.52. The summed E-state index contributed by atoms with van der Waals surface area (Å²) in [4.78, 5) is 11.5. The Balaban J connectivity index is 2.85. The number of thiocarbonyl (C=S) groups is 1. The van der Waals surface area contributed by atoms with Crippen LogP contribution in [0.5, 0.6) is 0 Å². The summed E-state index contributed by atoms with van der Waals surface area (Å²) in [6.45, 7) is 0. The molecule has 0 spiro atoms. The van der Waals surface area contributed by atoms with Crippen molar-refractivity contribution in [2.24, 2.45) is 5.84 Å². The number of rotatable bonds is 2. The number of benzene rings is 1. The van der Waals surface area contributed by atoms with Gasteiger partial charge in [0, 0.05) is 11.1 Å². The van der Waals surface area contributed by atoms with Gasteiger partial charge >= 0.3 is 0 Å². The highest BCUT2D eigenvalue weighted by Crippen LogP contribution is 2.13. The fourth-order valence-electron chi connectivity index (χ4n) is 1.24. The largest absolute Gasteiger partial charge is 0.302 e. The average Bonchev–Trinajstić information content (AvgIpc) is 2.31. The lowest BCUT2D eigenvalue weighted by molar-refractivity contribution is -0.119. The van der Waals surface area contributed by atoms with Gasteiger partial charge in [-0.3, -0.25) is 4.79 Å². The van der Waals surface area contributed by atoms with E-state index in [1.165, 1.54) is 12.1 Å². The number of nitrogens with two attached hydrogens (primary N) is 1. The van der Waals surface area contributed by atoms with Crippen LogP contribution in [0.25, 0.3) is 0 Å². The van der Waals surface area contributed by atoms with Gasteiger partial charge in [0.2, 0.25) is 5.91 Å². The SMILES string of the molecule is C#Cc1cccc(F)c1CC(=O)NC(=S)NN. The number of halogens is 1. The molecule has 0 heterocycles. The molecule has 4 N–H and O–H groups in total. The number of carbonyl (C=O) groups is 1. The molecule has 0 saturated carbocycles. The summed E-state index contributed by atoms with van der Waals surface area (Å²) in [6, 6.07) is 4.28. The number of nitrogens with one attached hydrogen (secondary N) is 2. The van der Waals surface area contributed by atoms with Crippen molar-refractivity contribution in [2.75, 3.05) is 0 Å². The molecule has 0 aliphatic rings. The molecule has 17 heavy (non-hydrogen) atoms. The zero-order valence-corrected chi connectivity index (χ0v) is 9.60. The van der Waals surface area contributed by atoms with Crippen LogP contribution in [0.15, 0.2) is 18.2 Å². The van der Waals surface area contributed by atoms with Gasteiger partial charge in [-0.25, -0.2) is 10.2 Å². The molecular weight excluding hydrogens is 241 g/mol. The van der Waals surface area contributed by atoms with Crippen LogP contribution in [-0.4, -0.2) is 11.0 Å². The first-order valence-electron chi connectivity index (χ1n) is 4.63. The number of carbonyl (C=O) groups excluding carboxylic acids is 1. The number of amides is 1. The van der Waals surface area contributed by atoms with Gasteiger partial charge < -0.3 is 10.7 Å². The van der Waals surface area contributed by atoms with Crippen LogP contribution in [0.1, 0.15) is 11.1 Å². The minimum atomic E-state index is -0.526. The number of terminal acetylenes is 1. The van der Waals surface area contributed by atoms with Crippen LogP contribution in [0.2, 0.25) is 0 Å². The zero-order valence-electron chi connectivity index (χ0n) is 8.79. The third-order valence-corrected chi connectivity index (χ3v) is 2.22. The Morgan fingerprint density at radius 2 is 2.29 bits per heavy atom. The van der Waals surface area contributed by atoms with E-state index in [0.717, 1.165) is 0 Å². The smallest absolute Gasteiger partial charge is 0.230 e. The highest BCUT2D eigenvalue weighted by molar-refractivity contribution is 7.80. The fraction of sp³-hybridized carbons (Fsp3) is 0.0909. The van der Waals surface area contributed by atoms with Gasteiger partial charge in [-0.05, 0) is 24.4 Å². The zero-order chi connectivity index (χ0) is 12.8. The molecular formula is C11H10FN3OS. The molecule has 1 amide bonds. The molecule has 0 fully saturated rings. The Morgan fingerprint density at radius 1 is 1.59 bits per heavy atom. The van der Waals surface area contributed by atoms with Crippen LogP contribution < -0.4 is 16.6 Å². The summed E-state index contributed by atoms with van der Waals surface area (Å²) in [5, 5.41) is 2.24. The predicted octanol–water partition coefficient (Wildman–Crippen LogP) is 0.214. The molecule has 0 aliphatic heterocycles. The summed E-state index contributed by atoms with van der Waals surface area (Å²) < 4.78 is 13.5. The number of hydrazine groups is 1. The molecule has 0 unspecified atom stereocenters. The molecule has 4 nitrogen and oxygen atoms in total. The third kappa shape index (κ3) is 3.52. The minimum Gasteiger partial charge on any atom is -0.302 e. The summed E-state index contributed by atoms with van der Waals surface area (Å²) in [7, 11) is 0. The summed E-state index contributed by atoms with van der Waals surface area (Å²) in [6.07, 6.45) is 5.02. The van der Waals surface area contributed by atoms with Crippen molar-refractivity contribution in [1.82, 2.24) is 10.7 Å². The normalized spacial score (nSPS) is 9.24. The standard InChI is InChI=1S/C11H10FN3OS/c1-2-7-4-3-5-9(12)8(7)6-10(16)14-11(17)15-13/h1,3-5H,6,13H2,(H2,14,15,16,17). The van der Waals surface area contributed by atoms with Gasteiger partial charge in [0.25, 0.3) is 0 Å². The van der Waals surface area contributed by atoms with Crippen LogP contribution >= 0.6 is 12.2 Å². The summed E-state index contributed by atoms with van der Waals surface area (Å²) in [5.74, 6) is 6.29. The highest BCUT2D eigenvalue weighted by atomic mass is 32.1. The van der Waals surface area contributed by atoms with Gasteiger partial charge in [0.15, 0.2) is 5.11 Å². The predicted molar refractivity (Wildman–Crippen MR) is 66.1 cm³/mol. The first-order valence-corrected chi connectivity index (χ1v) is 5.03. The quantitative estimate of drug-likeness (QED) is 0.304. The number of hydrogen-bond acceptors (Lipinski definition) is 3. The first-order chi connectivity index (χ1) is 8.08. The van der Waals surface area contributed by atoms with E-state index in [0.29, 0.717) is 5.56 Å². The van der Waals surface area contributed by atoms with Crippen LogP contribution in [0.4, 0.5) is 4.39 Å². The minimum absolute atomic E-state index is 0.0337. The van der Waals surface area contributed by atoms with E-state index in [2.05, 4.69) is 28.9 Å². The molecule has 0 bridgehead atoms. The van der Waals surface area contributed by atoms with E-state index in [1.807, 2.05) is 0 Å². The Hall–Kier alpha value is -1.97. The Morgan fingerprint density at radius 3 is 2.88 bits per heavy atom. The van der Waals surface area contributed by atoms with Gasteiger partial charge in [-0.1, -0.05) is 12.0 Å². The fourth-order valence-corrected chi connectivity index (χ4v) is 1.35. The van der Waals surface area contributed by atoms with Crippen molar-refractivity contribution < 1.29 is 9.18 Å². The Labute approximate surface area is 103 Å². The second kappa shape index (κ2) is 5.94. The Kier molecular flexibility index (Phi) is 4.57. The van der Waals surface area contributed by atoms with Gasteiger partial charge in [-0.2, -0.15) is 0 Å². The monoisotopic (exact) mass is 251 g/mol. The van der Waals surface area contributed by atoms with Crippen molar-refractivity contribution in [2.45, 2.75) is 6.42 Å². The van der Waals surface area contributed by atoms with Crippen LogP contribution in [-0.2, 0) is 11.2 Å². The maximum absolute atomic E-state index is 13.5. The maximum Gasteiger partial charge on any atom is 0.230 e. The van der Waals surface area contributed by atoms with Gasteiger partial charge in [0.1, 0.15) is 5.82 Å². The number of hydrogen-bond donors (Lipinski definition) is 3. The highest BCUT2D eigenvalue weighted by Gasteiger charge is 2.12. The van der Waals surface area contributed by atoms with E-state index >= 15 is 0 Å². The van der Waals surface area contributed by atoms with E-state index < -0.39 is 11.7 Å². The molecule has 1 aromatic carbocycles. The molecule has 0 atom stereocenters. The lowest BCUT2D eigenvalue weighted by Gasteiger charge is -2.07. The van der Waals surface area contributed by atoms with Crippen molar-refractivity contribution >= 4 is 23.2 Å². The van der Waals surface area contributed by atoms with Crippen molar-refractivity contribution in [1.29, 1.82) is 0 Å². The lowest BCUT2D eigenvalue weighted by atomic mass is 10.0. The van der Waals surface area contributed by atoms with Crippen molar-refractivity contribution in [3.05, 3.63) is 35.1 Å². The molecule has 6 heteroatoms. The molecule has 88 valence electrons. The molecule has 0 aliphatic carbocycles. The summed E-state index contributed by atoms with van der Waals surface area (Å²) in [5.41, 5.74) is 2.59. The van der Waals surface area contributed by atoms with E-state index in [9.17, 15) is 9.18 Å². The molecule has 0 saturated heterocycles. The van der Waals surface area contributed by atoms with E-state index in [1.54, 1.807) is 6.07 Å². The maximum atomic E-state index is 13.5. The molecule has 0 aromatic heterocycles. The first kappa shape index (κ1) is 13.1. The van der Waals surface area contributed by atoms with Crippen molar-refractivity contribution in [3.8, 4) is 12.3 Å². The average molecular weight is 251 g/mol. The third-order valence-electron chi connectivity index (χ3n) is 2.00. The van der Waals surface area contributed by atoms with Gasteiger partial charge in [0.05, 0.1) is 6.42 Å². The molecule has 0 radical (unpaired) electrons. The Bertz CT molecular complexity index is 496. The van der Waals surface area contributed by atoms with E-state index in [-0.39, 0.29) is 17.1 Å². The van der Waals surface area contributed by atoms with E-state index in [4.69, 9.17) is 12.3 Å². The lowest BCUT2D eigenvalue weighted by Crippen LogP contribution is -2.43.